The smallest absolute Gasteiger partial charge is 0.340 e. The first-order valence-corrected chi connectivity index (χ1v) is 6.35. The van der Waals surface area contributed by atoms with E-state index in [1.165, 1.54) is 18.3 Å². The summed E-state index contributed by atoms with van der Waals surface area (Å²) < 4.78 is 9.46. The Hall–Kier alpha value is -2.64. The standard InChI is InChI=1S/C13H17N3O5/c1-3-20-12(18)10(13(19)21-4-2)16-11(17)9-6-5-8(14)7-15-9/h5-7,10H,3-4,14H2,1-2H3,(H,16,17). The molecule has 0 atom stereocenters. The third-order valence-corrected chi connectivity index (χ3v) is 2.34. The maximum Gasteiger partial charge on any atom is 0.340 e. The molecule has 0 unspecified atom stereocenters. The van der Waals surface area contributed by atoms with Crippen molar-refractivity contribution < 1.29 is 23.9 Å². The number of aromatic nitrogens is 1. The Morgan fingerprint density at radius 1 is 1.19 bits per heavy atom. The summed E-state index contributed by atoms with van der Waals surface area (Å²) in [4.78, 5) is 39.2. The maximum atomic E-state index is 12.0. The number of anilines is 1. The summed E-state index contributed by atoms with van der Waals surface area (Å²) in [6.07, 6.45) is 1.29. The van der Waals surface area contributed by atoms with Crippen LogP contribution in [0.1, 0.15) is 24.3 Å². The molecule has 0 saturated carbocycles. The molecule has 0 fully saturated rings. The van der Waals surface area contributed by atoms with Gasteiger partial charge in [0.25, 0.3) is 5.91 Å². The van der Waals surface area contributed by atoms with Gasteiger partial charge in [0.2, 0.25) is 6.04 Å². The van der Waals surface area contributed by atoms with Crippen LogP contribution in [0.4, 0.5) is 5.69 Å². The molecule has 3 N–H and O–H groups in total. The number of hydrogen-bond donors (Lipinski definition) is 2. The van der Waals surface area contributed by atoms with E-state index >= 15 is 0 Å². The number of pyridine rings is 1. The molecule has 0 aliphatic rings. The van der Waals surface area contributed by atoms with Crippen LogP contribution in [0, 0.1) is 0 Å². The number of esters is 2. The number of amides is 1. The zero-order valence-corrected chi connectivity index (χ0v) is 11.8. The number of rotatable bonds is 6. The first kappa shape index (κ1) is 16.4. The van der Waals surface area contributed by atoms with Crippen LogP contribution in [0.5, 0.6) is 0 Å². The molecule has 1 heterocycles. The van der Waals surface area contributed by atoms with Crippen LogP contribution in [0.2, 0.25) is 0 Å². The fraction of sp³-hybridized carbons (Fsp3) is 0.385. The SMILES string of the molecule is CCOC(=O)C(NC(=O)c1ccc(N)cn1)C(=O)OCC. The van der Waals surface area contributed by atoms with Gasteiger partial charge >= 0.3 is 11.9 Å². The lowest BCUT2D eigenvalue weighted by atomic mass is 10.2. The van der Waals surface area contributed by atoms with Crippen molar-refractivity contribution in [1.82, 2.24) is 10.3 Å². The maximum absolute atomic E-state index is 12.0. The van der Waals surface area contributed by atoms with E-state index in [1.807, 2.05) is 0 Å². The summed E-state index contributed by atoms with van der Waals surface area (Å²) in [6, 6.07) is 1.32. The van der Waals surface area contributed by atoms with Crippen molar-refractivity contribution in [3.8, 4) is 0 Å². The summed E-state index contributed by atoms with van der Waals surface area (Å²) in [5, 5.41) is 2.23. The highest BCUT2D eigenvalue weighted by atomic mass is 16.6. The fourth-order valence-electron chi connectivity index (χ4n) is 1.41. The van der Waals surface area contributed by atoms with Gasteiger partial charge in [-0.25, -0.2) is 14.6 Å². The van der Waals surface area contributed by atoms with Crippen molar-refractivity contribution in [3.63, 3.8) is 0 Å². The number of carbonyl (C=O) groups excluding carboxylic acids is 3. The van der Waals surface area contributed by atoms with Crippen LogP contribution in [-0.2, 0) is 19.1 Å². The first-order valence-electron chi connectivity index (χ1n) is 6.35. The number of ether oxygens (including phenoxy) is 2. The van der Waals surface area contributed by atoms with E-state index in [1.54, 1.807) is 13.8 Å². The second-order valence-electron chi connectivity index (χ2n) is 3.89. The summed E-state index contributed by atoms with van der Waals surface area (Å²) in [7, 11) is 0. The lowest BCUT2D eigenvalue weighted by molar-refractivity contribution is -0.157. The van der Waals surface area contributed by atoms with Gasteiger partial charge in [-0.3, -0.25) is 4.79 Å². The molecule has 1 aromatic rings. The second-order valence-corrected chi connectivity index (χ2v) is 3.89. The highest BCUT2D eigenvalue weighted by molar-refractivity contribution is 6.05. The number of nitrogens with zero attached hydrogens (tertiary/aromatic N) is 1. The molecule has 0 aromatic carbocycles. The topological polar surface area (TPSA) is 121 Å². The van der Waals surface area contributed by atoms with E-state index in [0.29, 0.717) is 5.69 Å². The van der Waals surface area contributed by atoms with Crippen molar-refractivity contribution in [3.05, 3.63) is 24.0 Å². The minimum atomic E-state index is -1.53. The molecule has 21 heavy (non-hydrogen) atoms. The van der Waals surface area contributed by atoms with Gasteiger partial charge in [0.1, 0.15) is 5.69 Å². The minimum Gasteiger partial charge on any atom is -0.464 e. The van der Waals surface area contributed by atoms with Crippen LogP contribution in [0.3, 0.4) is 0 Å². The van der Waals surface area contributed by atoms with E-state index in [0.717, 1.165) is 0 Å². The van der Waals surface area contributed by atoms with Crippen molar-refractivity contribution >= 4 is 23.5 Å². The van der Waals surface area contributed by atoms with Gasteiger partial charge in [-0.1, -0.05) is 0 Å². The molecule has 8 nitrogen and oxygen atoms in total. The Balaban J connectivity index is 2.84. The second kappa shape index (κ2) is 7.83. The van der Waals surface area contributed by atoms with Crippen molar-refractivity contribution in [1.29, 1.82) is 0 Å². The summed E-state index contributed by atoms with van der Waals surface area (Å²) in [5.74, 6) is -2.49. The van der Waals surface area contributed by atoms with Crippen LogP contribution < -0.4 is 11.1 Å². The molecule has 1 aromatic heterocycles. The number of carbonyl (C=O) groups is 3. The Labute approximate surface area is 121 Å². The normalized spacial score (nSPS) is 10.0. The van der Waals surface area contributed by atoms with Gasteiger partial charge in [-0.05, 0) is 26.0 Å². The molecular formula is C13H17N3O5. The fourth-order valence-corrected chi connectivity index (χ4v) is 1.41. The number of nitrogen functional groups attached to an aromatic ring is 1. The number of nitrogens with two attached hydrogens (primary N) is 1. The van der Waals surface area contributed by atoms with E-state index in [-0.39, 0.29) is 18.9 Å². The monoisotopic (exact) mass is 295 g/mol. The molecule has 0 bridgehead atoms. The Bertz CT molecular complexity index is 497. The molecular weight excluding hydrogens is 278 g/mol. The van der Waals surface area contributed by atoms with Crippen LogP contribution >= 0.6 is 0 Å². The van der Waals surface area contributed by atoms with E-state index < -0.39 is 23.9 Å². The Kier molecular flexibility index (Phi) is 6.12. The largest absolute Gasteiger partial charge is 0.464 e. The van der Waals surface area contributed by atoms with E-state index in [4.69, 9.17) is 15.2 Å². The Morgan fingerprint density at radius 2 is 1.76 bits per heavy atom. The van der Waals surface area contributed by atoms with Gasteiger partial charge in [-0.15, -0.1) is 0 Å². The highest BCUT2D eigenvalue weighted by Crippen LogP contribution is 2.02. The number of hydrogen-bond acceptors (Lipinski definition) is 7. The first-order chi connectivity index (χ1) is 9.99. The van der Waals surface area contributed by atoms with Crippen molar-refractivity contribution in [2.75, 3.05) is 18.9 Å². The molecule has 1 rings (SSSR count). The van der Waals surface area contributed by atoms with E-state index in [9.17, 15) is 14.4 Å². The van der Waals surface area contributed by atoms with Gasteiger partial charge in [0, 0.05) is 0 Å². The third kappa shape index (κ3) is 4.75. The third-order valence-electron chi connectivity index (χ3n) is 2.34. The molecule has 0 aliphatic heterocycles. The van der Waals surface area contributed by atoms with Crippen LogP contribution in [-0.4, -0.2) is 42.1 Å². The average Bonchev–Trinajstić information content (AvgIpc) is 2.45. The summed E-state index contributed by atoms with van der Waals surface area (Å²) >= 11 is 0. The molecule has 0 saturated heterocycles. The quantitative estimate of drug-likeness (QED) is 0.554. The average molecular weight is 295 g/mol. The van der Waals surface area contributed by atoms with Gasteiger partial charge in [0.05, 0.1) is 25.1 Å². The van der Waals surface area contributed by atoms with Crippen molar-refractivity contribution in [2.24, 2.45) is 0 Å². The van der Waals surface area contributed by atoms with Crippen LogP contribution in [0.25, 0.3) is 0 Å². The highest BCUT2D eigenvalue weighted by Gasteiger charge is 2.31. The molecule has 114 valence electrons. The Morgan fingerprint density at radius 3 is 2.19 bits per heavy atom. The molecule has 1 amide bonds. The lowest BCUT2D eigenvalue weighted by Gasteiger charge is -2.15. The molecule has 0 radical (unpaired) electrons. The predicted molar refractivity (Wildman–Crippen MR) is 73.2 cm³/mol. The molecule has 0 aliphatic carbocycles. The lowest BCUT2D eigenvalue weighted by Crippen LogP contribution is -2.48. The van der Waals surface area contributed by atoms with E-state index in [2.05, 4.69) is 10.3 Å². The summed E-state index contributed by atoms with van der Waals surface area (Å²) in [6.45, 7) is 3.32. The zero-order chi connectivity index (χ0) is 15.8. The minimum absolute atomic E-state index is 0.0165. The van der Waals surface area contributed by atoms with Gasteiger partial charge in [0.15, 0.2) is 0 Å². The number of nitrogens with one attached hydrogen (secondary N) is 1. The predicted octanol–water partition coefficient (Wildman–Crippen LogP) is -0.112. The molecule has 8 heteroatoms. The van der Waals surface area contributed by atoms with Crippen LogP contribution in [0.15, 0.2) is 18.3 Å². The van der Waals surface area contributed by atoms with Crippen molar-refractivity contribution in [2.45, 2.75) is 19.9 Å². The summed E-state index contributed by atoms with van der Waals surface area (Å²) in [5.41, 5.74) is 5.87. The van der Waals surface area contributed by atoms with Gasteiger partial charge < -0.3 is 20.5 Å². The van der Waals surface area contributed by atoms with Gasteiger partial charge in [-0.2, -0.15) is 0 Å². The zero-order valence-electron chi connectivity index (χ0n) is 11.8. The molecule has 0 spiro atoms.